The highest BCUT2D eigenvalue weighted by Crippen LogP contribution is 2.32. The maximum Gasteiger partial charge on any atom is 0.323 e. The van der Waals surface area contributed by atoms with E-state index in [2.05, 4.69) is 28.1 Å². The normalized spacial score (nSPS) is 10.6. The molecule has 42 heavy (non-hydrogen) atoms. The van der Waals surface area contributed by atoms with Crippen LogP contribution in [0.15, 0.2) is 140 Å². The van der Waals surface area contributed by atoms with Gasteiger partial charge in [-0.3, -0.25) is 4.79 Å². The van der Waals surface area contributed by atoms with Crippen molar-refractivity contribution < 1.29 is 14.3 Å². The first-order valence-corrected chi connectivity index (χ1v) is 14.0. The van der Waals surface area contributed by atoms with Crippen molar-refractivity contribution in [2.45, 2.75) is 18.9 Å². The lowest BCUT2D eigenvalue weighted by atomic mass is 10.0. The predicted octanol–water partition coefficient (Wildman–Crippen LogP) is 7.86. The molecule has 5 rings (SSSR count). The number of aryl methyl sites for hydroxylation is 1. The highest BCUT2D eigenvalue weighted by molar-refractivity contribution is 6.02. The van der Waals surface area contributed by atoms with Crippen LogP contribution in [0.4, 0.5) is 16.2 Å². The molecule has 0 spiro atoms. The number of carbonyl (C=O) groups excluding carboxylic acids is 2. The van der Waals surface area contributed by atoms with E-state index in [0.29, 0.717) is 29.2 Å². The topological polar surface area (TPSA) is 79.5 Å². The molecule has 0 fully saturated rings. The van der Waals surface area contributed by atoms with Gasteiger partial charge < -0.3 is 20.7 Å². The number of ether oxygens (including phenoxy) is 1. The number of hydrogen-bond donors (Lipinski definition) is 3. The Hall–Kier alpha value is -5.36. The first-order chi connectivity index (χ1) is 20.7. The number of anilines is 2. The molecular formula is C36H33N3O3. The minimum absolute atomic E-state index is 0.273. The summed E-state index contributed by atoms with van der Waals surface area (Å²) in [6.45, 7) is 0.500. The number of rotatable bonds is 11. The third kappa shape index (κ3) is 7.86. The van der Waals surface area contributed by atoms with Crippen molar-refractivity contribution in [2.75, 3.05) is 17.2 Å². The Kier molecular flexibility index (Phi) is 9.61. The maximum atomic E-state index is 13.5. The van der Waals surface area contributed by atoms with Gasteiger partial charge >= 0.3 is 6.03 Å². The molecule has 6 nitrogen and oxygen atoms in total. The summed E-state index contributed by atoms with van der Waals surface area (Å²) in [6, 6.07) is 43.9. The summed E-state index contributed by atoms with van der Waals surface area (Å²) >= 11 is 0. The van der Waals surface area contributed by atoms with Crippen molar-refractivity contribution in [3.05, 3.63) is 162 Å². The number of amides is 3. The van der Waals surface area contributed by atoms with Crippen LogP contribution in [0, 0.1) is 0 Å². The number of hydrogen-bond acceptors (Lipinski definition) is 3. The highest BCUT2D eigenvalue weighted by atomic mass is 16.5. The first kappa shape index (κ1) is 28.2. The van der Waals surface area contributed by atoms with Crippen LogP contribution in [-0.2, 0) is 6.42 Å². The monoisotopic (exact) mass is 555 g/mol. The van der Waals surface area contributed by atoms with Crippen LogP contribution >= 0.6 is 0 Å². The van der Waals surface area contributed by atoms with Crippen LogP contribution in [0.25, 0.3) is 0 Å². The van der Waals surface area contributed by atoms with E-state index in [1.807, 2.05) is 97.1 Å². The molecule has 0 aliphatic carbocycles. The van der Waals surface area contributed by atoms with E-state index < -0.39 is 12.1 Å². The van der Waals surface area contributed by atoms with Gasteiger partial charge in [0.1, 0.15) is 11.9 Å². The third-order valence-corrected chi connectivity index (χ3v) is 6.73. The molecular weight excluding hydrogens is 522 g/mol. The molecule has 5 aromatic carbocycles. The van der Waals surface area contributed by atoms with E-state index in [-0.39, 0.29) is 5.91 Å². The Morgan fingerprint density at radius 1 is 0.619 bits per heavy atom. The van der Waals surface area contributed by atoms with E-state index in [1.165, 1.54) is 5.56 Å². The van der Waals surface area contributed by atoms with Gasteiger partial charge in [0.25, 0.3) is 5.91 Å². The van der Waals surface area contributed by atoms with Gasteiger partial charge in [-0.1, -0.05) is 109 Å². The Morgan fingerprint density at radius 3 is 1.79 bits per heavy atom. The SMILES string of the molecule is O=C(Nc1ccccc1)Nc1ccc(OC(c2ccccc2)c2ccccc2)c(C(=O)NCCCc2ccccc2)c1. The fourth-order valence-electron chi connectivity index (χ4n) is 4.65. The predicted molar refractivity (Wildman–Crippen MR) is 168 cm³/mol. The third-order valence-electron chi connectivity index (χ3n) is 6.73. The molecule has 0 saturated carbocycles. The first-order valence-electron chi connectivity index (χ1n) is 14.0. The number of para-hydroxylation sites is 1. The summed E-state index contributed by atoms with van der Waals surface area (Å²) in [4.78, 5) is 26.2. The molecule has 0 bridgehead atoms. The van der Waals surface area contributed by atoms with Gasteiger partial charge in [0.2, 0.25) is 0 Å². The molecule has 6 heteroatoms. The maximum absolute atomic E-state index is 13.5. The van der Waals surface area contributed by atoms with Gasteiger partial charge in [0, 0.05) is 17.9 Å². The number of urea groups is 1. The van der Waals surface area contributed by atoms with Gasteiger partial charge in [-0.15, -0.1) is 0 Å². The number of benzene rings is 5. The quantitative estimate of drug-likeness (QED) is 0.145. The Balaban J connectivity index is 1.37. The van der Waals surface area contributed by atoms with Crippen LogP contribution < -0.4 is 20.7 Å². The standard InChI is InChI=1S/C36H33N3O3/c40-35(37-25-13-16-27-14-5-1-6-15-27)32-26-31(39-36(41)38-30-21-11-4-12-22-30)23-24-33(32)42-34(28-17-7-2-8-18-28)29-19-9-3-10-20-29/h1-12,14-15,17-24,26,34H,13,16,25H2,(H,37,40)(H2,38,39,41). The second kappa shape index (κ2) is 14.3. The number of nitrogens with one attached hydrogen (secondary N) is 3. The Morgan fingerprint density at radius 2 is 1.17 bits per heavy atom. The van der Waals surface area contributed by atoms with Crippen molar-refractivity contribution in [2.24, 2.45) is 0 Å². The molecule has 0 aliphatic rings. The van der Waals surface area contributed by atoms with Gasteiger partial charge in [0.05, 0.1) is 5.56 Å². The largest absolute Gasteiger partial charge is 0.480 e. The summed E-state index contributed by atoms with van der Waals surface area (Å²) < 4.78 is 6.58. The van der Waals surface area contributed by atoms with Crippen LogP contribution in [0.5, 0.6) is 5.75 Å². The summed E-state index contributed by atoms with van der Waals surface area (Å²) in [5.41, 5.74) is 4.62. The van der Waals surface area contributed by atoms with E-state index in [1.54, 1.807) is 30.3 Å². The van der Waals surface area contributed by atoms with Crippen molar-refractivity contribution in [3.8, 4) is 5.75 Å². The second-order valence-corrected chi connectivity index (χ2v) is 9.82. The van der Waals surface area contributed by atoms with E-state index in [4.69, 9.17) is 4.74 Å². The van der Waals surface area contributed by atoms with Crippen LogP contribution in [0.2, 0.25) is 0 Å². The lowest BCUT2D eigenvalue weighted by molar-refractivity contribution is 0.0947. The molecule has 5 aromatic rings. The van der Waals surface area contributed by atoms with E-state index >= 15 is 0 Å². The molecule has 0 aromatic heterocycles. The molecule has 0 saturated heterocycles. The summed E-state index contributed by atoms with van der Waals surface area (Å²) in [7, 11) is 0. The lowest BCUT2D eigenvalue weighted by Crippen LogP contribution is -2.26. The van der Waals surface area contributed by atoms with Crippen molar-refractivity contribution in [1.29, 1.82) is 0 Å². The number of carbonyl (C=O) groups is 2. The van der Waals surface area contributed by atoms with Gasteiger partial charge in [-0.2, -0.15) is 0 Å². The molecule has 0 aliphatic heterocycles. The fourth-order valence-corrected chi connectivity index (χ4v) is 4.65. The summed E-state index contributed by atoms with van der Waals surface area (Å²) in [6.07, 6.45) is 1.22. The van der Waals surface area contributed by atoms with Gasteiger partial charge in [-0.25, -0.2) is 4.79 Å². The molecule has 0 heterocycles. The minimum Gasteiger partial charge on any atom is -0.480 e. The molecule has 3 N–H and O–H groups in total. The Labute approximate surface area is 246 Å². The zero-order chi connectivity index (χ0) is 29.0. The highest BCUT2D eigenvalue weighted by Gasteiger charge is 2.21. The van der Waals surface area contributed by atoms with Crippen molar-refractivity contribution in [1.82, 2.24) is 5.32 Å². The molecule has 210 valence electrons. The van der Waals surface area contributed by atoms with E-state index in [9.17, 15) is 9.59 Å². The van der Waals surface area contributed by atoms with Crippen molar-refractivity contribution >= 4 is 23.3 Å². The van der Waals surface area contributed by atoms with Crippen LogP contribution in [0.1, 0.15) is 39.6 Å². The summed E-state index contributed by atoms with van der Waals surface area (Å²) in [5.74, 6) is 0.146. The fraction of sp³-hybridized carbons (Fsp3) is 0.111. The van der Waals surface area contributed by atoms with E-state index in [0.717, 1.165) is 24.0 Å². The average Bonchev–Trinajstić information content (AvgIpc) is 3.04. The zero-order valence-corrected chi connectivity index (χ0v) is 23.2. The molecule has 0 atom stereocenters. The van der Waals surface area contributed by atoms with Gasteiger partial charge in [0.15, 0.2) is 0 Å². The smallest absolute Gasteiger partial charge is 0.323 e. The second-order valence-electron chi connectivity index (χ2n) is 9.82. The van der Waals surface area contributed by atoms with Gasteiger partial charge in [-0.05, 0) is 59.9 Å². The molecule has 3 amide bonds. The van der Waals surface area contributed by atoms with Crippen molar-refractivity contribution in [3.63, 3.8) is 0 Å². The zero-order valence-electron chi connectivity index (χ0n) is 23.2. The Bertz CT molecular complexity index is 1540. The molecule has 0 unspecified atom stereocenters. The van der Waals surface area contributed by atoms with Crippen LogP contribution in [-0.4, -0.2) is 18.5 Å². The lowest BCUT2D eigenvalue weighted by Gasteiger charge is -2.22. The minimum atomic E-state index is -0.433. The van der Waals surface area contributed by atoms with Crippen LogP contribution in [0.3, 0.4) is 0 Å². The molecule has 0 radical (unpaired) electrons. The average molecular weight is 556 g/mol. The summed E-state index contributed by atoms with van der Waals surface area (Å²) in [5, 5.41) is 8.67.